The highest BCUT2D eigenvalue weighted by Crippen LogP contribution is 2.16. The Bertz CT molecular complexity index is 668. The summed E-state index contributed by atoms with van der Waals surface area (Å²) >= 11 is 0. The van der Waals surface area contributed by atoms with Gasteiger partial charge in [0.05, 0.1) is 13.1 Å². The summed E-state index contributed by atoms with van der Waals surface area (Å²) in [6.45, 7) is 3.40. The molecule has 2 rings (SSSR count). The Morgan fingerprint density at radius 2 is 2.00 bits per heavy atom. The summed E-state index contributed by atoms with van der Waals surface area (Å²) in [6.07, 6.45) is 2.71. The zero-order valence-electron chi connectivity index (χ0n) is 15.8. The molecule has 0 bridgehead atoms. The van der Waals surface area contributed by atoms with Crippen molar-refractivity contribution in [3.8, 4) is 0 Å². The fraction of sp³-hybridized carbons (Fsp3) is 0.526. The lowest BCUT2D eigenvalue weighted by Gasteiger charge is -2.25. The number of nitrogens with zero attached hydrogens (tertiary/aromatic N) is 2. The van der Waals surface area contributed by atoms with Gasteiger partial charge in [-0.3, -0.25) is 24.2 Å². The van der Waals surface area contributed by atoms with Gasteiger partial charge < -0.3 is 10.4 Å². The van der Waals surface area contributed by atoms with Gasteiger partial charge in [0, 0.05) is 23.8 Å². The molecule has 1 unspecified atom stereocenters. The molecule has 1 aromatic carbocycles. The topological polar surface area (TPSA) is 90.0 Å². The second-order valence-corrected chi connectivity index (χ2v) is 6.85. The highest BCUT2D eigenvalue weighted by Gasteiger charge is 2.22. The van der Waals surface area contributed by atoms with Crippen molar-refractivity contribution in [3.05, 3.63) is 29.8 Å². The first-order chi connectivity index (χ1) is 12.3. The number of benzene rings is 1. The Labute approximate surface area is 166 Å². The third kappa shape index (κ3) is 7.66. The van der Waals surface area contributed by atoms with Crippen molar-refractivity contribution >= 4 is 35.8 Å². The molecule has 1 amide bonds. The van der Waals surface area contributed by atoms with E-state index in [0.717, 1.165) is 32.4 Å². The number of hydrogen-bond donors (Lipinski definition) is 2. The molecule has 2 N–H and O–H groups in total. The van der Waals surface area contributed by atoms with Crippen LogP contribution in [0.5, 0.6) is 0 Å². The number of aliphatic carboxylic acids is 1. The number of likely N-dealkylation sites (N-methyl/N-ethyl adjacent to an activating group) is 1. The molecule has 1 aliphatic rings. The van der Waals surface area contributed by atoms with Crippen LogP contribution in [-0.4, -0.2) is 71.8 Å². The van der Waals surface area contributed by atoms with Crippen LogP contribution in [0, 0.1) is 0 Å². The first-order valence-corrected chi connectivity index (χ1v) is 8.90. The standard InChI is InChI=1S/C19H27N3O4.ClH/c1-14(23)15-5-3-6-16(11-15)20-18(24)12-22-9-4-7-17(8-10-22)21(2)13-19(25)26;/h3,5-6,11,17H,4,7-10,12-13H2,1-2H3,(H,20,24)(H,25,26);1H. The van der Waals surface area contributed by atoms with E-state index < -0.39 is 5.97 Å². The number of carbonyl (C=O) groups excluding carboxylic acids is 2. The lowest BCUT2D eigenvalue weighted by atomic mass is 10.1. The maximum absolute atomic E-state index is 12.3. The van der Waals surface area contributed by atoms with Gasteiger partial charge in [0.2, 0.25) is 5.91 Å². The fourth-order valence-corrected chi connectivity index (χ4v) is 3.30. The summed E-state index contributed by atoms with van der Waals surface area (Å²) < 4.78 is 0. The van der Waals surface area contributed by atoms with E-state index in [9.17, 15) is 14.4 Å². The van der Waals surface area contributed by atoms with Crippen LogP contribution in [0.1, 0.15) is 36.5 Å². The maximum Gasteiger partial charge on any atom is 0.317 e. The molecule has 7 nitrogen and oxygen atoms in total. The van der Waals surface area contributed by atoms with E-state index in [1.165, 1.54) is 6.92 Å². The lowest BCUT2D eigenvalue weighted by Crippen LogP contribution is -2.37. The molecule has 0 aromatic heterocycles. The van der Waals surface area contributed by atoms with Gasteiger partial charge in [-0.15, -0.1) is 12.4 Å². The number of amides is 1. The van der Waals surface area contributed by atoms with Gasteiger partial charge in [0.1, 0.15) is 0 Å². The predicted molar refractivity (Wildman–Crippen MR) is 107 cm³/mol. The number of carboxylic acids is 1. The third-order valence-corrected chi connectivity index (χ3v) is 4.72. The van der Waals surface area contributed by atoms with Gasteiger partial charge in [0.15, 0.2) is 5.78 Å². The number of hydrogen-bond acceptors (Lipinski definition) is 5. The summed E-state index contributed by atoms with van der Waals surface area (Å²) in [5.41, 5.74) is 1.19. The average Bonchev–Trinajstić information content (AvgIpc) is 2.80. The fourth-order valence-electron chi connectivity index (χ4n) is 3.30. The SMILES string of the molecule is CC(=O)c1cccc(NC(=O)CN2CCCC(N(C)CC(=O)O)CC2)c1.Cl. The number of ketones is 1. The molecular weight excluding hydrogens is 370 g/mol. The molecule has 1 aromatic rings. The summed E-state index contributed by atoms with van der Waals surface area (Å²) in [6, 6.07) is 7.15. The van der Waals surface area contributed by atoms with E-state index in [1.54, 1.807) is 24.3 Å². The molecule has 0 aliphatic carbocycles. The van der Waals surface area contributed by atoms with Crippen LogP contribution in [0.3, 0.4) is 0 Å². The van der Waals surface area contributed by atoms with Crippen molar-refractivity contribution in [1.29, 1.82) is 0 Å². The first-order valence-electron chi connectivity index (χ1n) is 8.90. The molecule has 0 spiro atoms. The normalized spacial score (nSPS) is 17.7. The molecule has 0 radical (unpaired) electrons. The Hall–Kier alpha value is -1.96. The average molecular weight is 398 g/mol. The maximum atomic E-state index is 12.3. The number of likely N-dealkylation sites (tertiary alicyclic amines) is 1. The van der Waals surface area contributed by atoms with Gasteiger partial charge in [-0.05, 0) is 51.9 Å². The van der Waals surface area contributed by atoms with Crippen molar-refractivity contribution in [2.45, 2.75) is 32.2 Å². The van der Waals surface area contributed by atoms with Gasteiger partial charge in [-0.2, -0.15) is 0 Å². The molecule has 1 saturated heterocycles. The highest BCUT2D eigenvalue weighted by molar-refractivity contribution is 5.97. The summed E-state index contributed by atoms with van der Waals surface area (Å²) in [5, 5.41) is 11.8. The number of Topliss-reactive ketones (excluding diaryl/α,β-unsaturated/α-hetero) is 1. The van der Waals surface area contributed by atoms with E-state index in [-0.39, 0.29) is 36.7 Å². The zero-order valence-corrected chi connectivity index (χ0v) is 16.6. The van der Waals surface area contributed by atoms with Crippen LogP contribution in [0.4, 0.5) is 5.69 Å². The largest absolute Gasteiger partial charge is 0.480 e. The molecule has 1 fully saturated rings. The Morgan fingerprint density at radius 3 is 2.67 bits per heavy atom. The molecule has 0 saturated carbocycles. The van der Waals surface area contributed by atoms with E-state index in [4.69, 9.17) is 5.11 Å². The van der Waals surface area contributed by atoms with Crippen molar-refractivity contribution in [2.75, 3.05) is 38.5 Å². The number of carboxylic acid groups (broad SMARTS) is 1. The second-order valence-electron chi connectivity index (χ2n) is 6.85. The van der Waals surface area contributed by atoms with Crippen LogP contribution in [0.2, 0.25) is 0 Å². The molecule has 27 heavy (non-hydrogen) atoms. The number of halogens is 1. The number of anilines is 1. The molecule has 1 aliphatic heterocycles. The summed E-state index contributed by atoms with van der Waals surface area (Å²) in [7, 11) is 1.84. The van der Waals surface area contributed by atoms with Crippen LogP contribution in [0.25, 0.3) is 0 Å². The van der Waals surface area contributed by atoms with Crippen LogP contribution < -0.4 is 5.32 Å². The van der Waals surface area contributed by atoms with Crippen LogP contribution >= 0.6 is 12.4 Å². The zero-order chi connectivity index (χ0) is 19.1. The Kier molecular flexibility index (Phi) is 9.41. The van der Waals surface area contributed by atoms with E-state index in [0.29, 0.717) is 17.8 Å². The Balaban J connectivity index is 0.00000364. The van der Waals surface area contributed by atoms with Crippen molar-refractivity contribution in [3.63, 3.8) is 0 Å². The minimum Gasteiger partial charge on any atom is -0.480 e. The Morgan fingerprint density at radius 1 is 1.26 bits per heavy atom. The third-order valence-electron chi connectivity index (χ3n) is 4.72. The minimum atomic E-state index is -0.819. The van der Waals surface area contributed by atoms with E-state index in [2.05, 4.69) is 10.2 Å². The highest BCUT2D eigenvalue weighted by atomic mass is 35.5. The molecule has 150 valence electrons. The van der Waals surface area contributed by atoms with Crippen molar-refractivity contribution < 1.29 is 19.5 Å². The predicted octanol–water partition coefficient (Wildman–Crippen LogP) is 2.12. The molecule has 8 heteroatoms. The minimum absolute atomic E-state index is 0. The quantitative estimate of drug-likeness (QED) is 0.685. The number of rotatable bonds is 7. The first kappa shape index (κ1) is 23.1. The van der Waals surface area contributed by atoms with Crippen molar-refractivity contribution in [2.24, 2.45) is 0 Å². The monoisotopic (exact) mass is 397 g/mol. The molecule has 1 heterocycles. The lowest BCUT2D eigenvalue weighted by molar-refractivity contribution is -0.138. The van der Waals surface area contributed by atoms with Gasteiger partial charge in [-0.25, -0.2) is 0 Å². The van der Waals surface area contributed by atoms with E-state index >= 15 is 0 Å². The smallest absolute Gasteiger partial charge is 0.317 e. The van der Waals surface area contributed by atoms with Gasteiger partial charge in [-0.1, -0.05) is 12.1 Å². The number of carbonyl (C=O) groups is 3. The van der Waals surface area contributed by atoms with Crippen LogP contribution in [0.15, 0.2) is 24.3 Å². The summed E-state index contributed by atoms with van der Waals surface area (Å²) in [4.78, 5) is 38.6. The van der Waals surface area contributed by atoms with E-state index in [1.807, 2.05) is 11.9 Å². The molecular formula is C19H28ClN3O4. The summed E-state index contributed by atoms with van der Waals surface area (Å²) in [5.74, 6) is -0.964. The van der Waals surface area contributed by atoms with Gasteiger partial charge in [0.25, 0.3) is 0 Å². The van der Waals surface area contributed by atoms with Crippen LogP contribution in [-0.2, 0) is 9.59 Å². The van der Waals surface area contributed by atoms with Crippen molar-refractivity contribution in [1.82, 2.24) is 9.80 Å². The van der Waals surface area contributed by atoms with Gasteiger partial charge >= 0.3 is 5.97 Å². The molecule has 1 atom stereocenters. The second kappa shape index (κ2) is 11.0. The number of nitrogens with one attached hydrogen (secondary N) is 1.